The molecule has 0 saturated heterocycles. The van der Waals surface area contributed by atoms with Crippen molar-refractivity contribution >= 4 is 5.91 Å². The van der Waals surface area contributed by atoms with Crippen molar-refractivity contribution in [1.29, 1.82) is 0 Å². The largest absolute Gasteiger partial charge is 0.353 e. The summed E-state index contributed by atoms with van der Waals surface area (Å²) in [5.74, 6) is -0.0400. The number of nitrogens with one attached hydrogen (secondary N) is 1. The first kappa shape index (κ1) is 10.5. The van der Waals surface area contributed by atoms with Crippen LogP contribution in [0.4, 0.5) is 0 Å². The Kier molecular flexibility index (Phi) is 3.05. The van der Waals surface area contributed by atoms with Gasteiger partial charge in [-0.3, -0.25) is 4.79 Å². The number of nitrogens with zero attached hydrogens (tertiary/aromatic N) is 1. The molecule has 1 N–H and O–H groups in total. The standard InChI is InChI=1S/C13H14N2O/c1-15-9-5-8-12(15)10-14-13(16)11-6-3-2-4-7-11/h2-9H,10H2,1H3,(H,14,16). The minimum absolute atomic E-state index is 0.0400. The summed E-state index contributed by atoms with van der Waals surface area (Å²) in [6.07, 6.45) is 1.96. The van der Waals surface area contributed by atoms with Crippen LogP contribution in [0.1, 0.15) is 16.1 Å². The summed E-state index contributed by atoms with van der Waals surface area (Å²) in [4.78, 5) is 11.7. The van der Waals surface area contributed by atoms with E-state index in [-0.39, 0.29) is 5.91 Å². The highest BCUT2D eigenvalue weighted by Gasteiger charge is 2.04. The molecule has 0 spiro atoms. The normalized spacial score (nSPS) is 10.1. The zero-order chi connectivity index (χ0) is 11.4. The molecule has 16 heavy (non-hydrogen) atoms. The predicted octanol–water partition coefficient (Wildman–Crippen LogP) is 1.96. The van der Waals surface area contributed by atoms with Gasteiger partial charge >= 0.3 is 0 Å². The maximum absolute atomic E-state index is 11.7. The Morgan fingerprint density at radius 2 is 1.94 bits per heavy atom. The smallest absolute Gasteiger partial charge is 0.251 e. The lowest BCUT2D eigenvalue weighted by Crippen LogP contribution is -2.23. The van der Waals surface area contributed by atoms with Gasteiger partial charge in [-0.1, -0.05) is 18.2 Å². The van der Waals surface area contributed by atoms with Crippen LogP contribution in [0.5, 0.6) is 0 Å². The number of benzene rings is 1. The van der Waals surface area contributed by atoms with E-state index in [0.717, 1.165) is 5.69 Å². The number of amides is 1. The summed E-state index contributed by atoms with van der Waals surface area (Å²) >= 11 is 0. The molecular weight excluding hydrogens is 200 g/mol. The van der Waals surface area contributed by atoms with Crippen LogP contribution in [-0.2, 0) is 13.6 Å². The van der Waals surface area contributed by atoms with Gasteiger partial charge in [-0.15, -0.1) is 0 Å². The molecule has 1 amide bonds. The van der Waals surface area contributed by atoms with Gasteiger partial charge in [0.15, 0.2) is 0 Å². The van der Waals surface area contributed by atoms with Crippen molar-refractivity contribution in [3.8, 4) is 0 Å². The quantitative estimate of drug-likeness (QED) is 0.832. The molecule has 1 heterocycles. The van der Waals surface area contributed by atoms with Gasteiger partial charge in [0, 0.05) is 24.5 Å². The topological polar surface area (TPSA) is 34.0 Å². The molecule has 0 aliphatic heterocycles. The molecule has 2 rings (SSSR count). The van der Waals surface area contributed by atoms with E-state index in [9.17, 15) is 4.79 Å². The van der Waals surface area contributed by atoms with Crippen LogP contribution in [0.25, 0.3) is 0 Å². The zero-order valence-electron chi connectivity index (χ0n) is 9.18. The van der Waals surface area contributed by atoms with Gasteiger partial charge in [-0.2, -0.15) is 0 Å². The highest BCUT2D eigenvalue weighted by molar-refractivity contribution is 5.94. The number of hydrogen-bond donors (Lipinski definition) is 1. The molecule has 0 atom stereocenters. The Morgan fingerprint density at radius 3 is 2.56 bits per heavy atom. The van der Waals surface area contributed by atoms with Crippen molar-refractivity contribution in [3.05, 3.63) is 59.9 Å². The molecule has 0 saturated carbocycles. The first-order chi connectivity index (χ1) is 7.77. The summed E-state index contributed by atoms with van der Waals surface area (Å²) in [5, 5.41) is 2.88. The molecule has 1 aromatic heterocycles. The van der Waals surface area contributed by atoms with Gasteiger partial charge in [0.2, 0.25) is 0 Å². The van der Waals surface area contributed by atoms with Crippen molar-refractivity contribution in [2.24, 2.45) is 7.05 Å². The molecule has 0 aliphatic carbocycles. The lowest BCUT2D eigenvalue weighted by Gasteiger charge is -2.06. The molecule has 0 aliphatic rings. The second kappa shape index (κ2) is 4.66. The molecule has 0 radical (unpaired) electrons. The van der Waals surface area contributed by atoms with E-state index in [1.165, 1.54) is 0 Å². The summed E-state index contributed by atoms with van der Waals surface area (Å²) in [7, 11) is 1.96. The molecule has 0 unspecified atom stereocenters. The number of carbonyl (C=O) groups is 1. The van der Waals surface area contributed by atoms with Crippen molar-refractivity contribution in [1.82, 2.24) is 9.88 Å². The molecule has 0 bridgehead atoms. The lowest BCUT2D eigenvalue weighted by atomic mass is 10.2. The van der Waals surface area contributed by atoms with Gasteiger partial charge in [-0.05, 0) is 24.3 Å². The lowest BCUT2D eigenvalue weighted by molar-refractivity contribution is 0.0950. The monoisotopic (exact) mass is 214 g/mol. The molecule has 3 heteroatoms. The molecule has 0 fully saturated rings. The van der Waals surface area contributed by atoms with Gasteiger partial charge in [0.25, 0.3) is 5.91 Å². The van der Waals surface area contributed by atoms with E-state index < -0.39 is 0 Å². The molecule has 3 nitrogen and oxygen atoms in total. The summed E-state index contributed by atoms with van der Waals surface area (Å²) in [6, 6.07) is 13.2. The van der Waals surface area contributed by atoms with E-state index in [0.29, 0.717) is 12.1 Å². The average Bonchev–Trinajstić information content (AvgIpc) is 2.73. The average molecular weight is 214 g/mol. The summed E-state index contributed by atoms with van der Waals surface area (Å²) in [6.45, 7) is 0.553. The van der Waals surface area contributed by atoms with Crippen molar-refractivity contribution < 1.29 is 4.79 Å². The molecular formula is C13H14N2O. The summed E-state index contributed by atoms with van der Waals surface area (Å²) < 4.78 is 1.99. The third-order valence-corrected chi connectivity index (χ3v) is 2.52. The number of carbonyl (C=O) groups excluding carboxylic acids is 1. The molecule has 82 valence electrons. The Labute approximate surface area is 94.7 Å². The van der Waals surface area contributed by atoms with Crippen LogP contribution in [-0.4, -0.2) is 10.5 Å². The van der Waals surface area contributed by atoms with Gasteiger partial charge in [-0.25, -0.2) is 0 Å². The van der Waals surface area contributed by atoms with Crippen LogP contribution < -0.4 is 5.32 Å². The molecule has 1 aromatic carbocycles. The van der Waals surface area contributed by atoms with Crippen LogP contribution in [0.2, 0.25) is 0 Å². The number of hydrogen-bond acceptors (Lipinski definition) is 1. The fourth-order valence-electron chi connectivity index (χ4n) is 1.54. The van der Waals surface area contributed by atoms with Gasteiger partial charge in [0.1, 0.15) is 0 Å². The highest BCUT2D eigenvalue weighted by Crippen LogP contribution is 2.01. The second-order valence-electron chi connectivity index (χ2n) is 3.66. The third kappa shape index (κ3) is 2.31. The van der Waals surface area contributed by atoms with E-state index >= 15 is 0 Å². The second-order valence-corrected chi connectivity index (χ2v) is 3.66. The van der Waals surface area contributed by atoms with E-state index in [1.54, 1.807) is 12.1 Å². The summed E-state index contributed by atoms with van der Waals surface area (Å²) in [5.41, 5.74) is 1.78. The van der Waals surface area contributed by atoms with E-state index in [4.69, 9.17) is 0 Å². The van der Waals surface area contributed by atoms with Crippen molar-refractivity contribution in [2.75, 3.05) is 0 Å². The Bertz CT molecular complexity index is 474. The van der Waals surface area contributed by atoms with Crippen LogP contribution in [0, 0.1) is 0 Å². The highest BCUT2D eigenvalue weighted by atomic mass is 16.1. The number of rotatable bonds is 3. The SMILES string of the molecule is Cn1cccc1CNC(=O)c1ccccc1. The predicted molar refractivity (Wildman–Crippen MR) is 63.0 cm³/mol. The maximum Gasteiger partial charge on any atom is 0.251 e. The van der Waals surface area contributed by atoms with Gasteiger partial charge < -0.3 is 9.88 Å². The van der Waals surface area contributed by atoms with E-state index in [2.05, 4.69) is 5.32 Å². The van der Waals surface area contributed by atoms with Crippen molar-refractivity contribution in [3.63, 3.8) is 0 Å². The van der Waals surface area contributed by atoms with Crippen molar-refractivity contribution in [2.45, 2.75) is 6.54 Å². The fraction of sp³-hybridized carbons (Fsp3) is 0.154. The Balaban J connectivity index is 1.97. The third-order valence-electron chi connectivity index (χ3n) is 2.52. The van der Waals surface area contributed by atoms with E-state index in [1.807, 2.05) is 48.1 Å². The zero-order valence-corrected chi connectivity index (χ0v) is 9.18. The molecule has 2 aromatic rings. The van der Waals surface area contributed by atoms with Crippen LogP contribution in [0.3, 0.4) is 0 Å². The Morgan fingerprint density at radius 1 is 1.19 bits per heavy atom. The number of aryl methyl sites for hydroxylation is 1. The van der Waals surface area contributed by atoms with Crippen LogP contribution in [0.15, 0.2) is 48.7 Å². The minimum atomic E-state index is -0.0400. The minimum Gasteiger partial charge on any atom is -0.353 e. The number of aromatic nitrogens is 1. The first-order valence-electron chi connectivity index (χ1n) is 5.21. The Hall–Kier alpha value is -2.03. The van der Waals surface area contributed by atoms with Gasteiger partial charge in [0.05, 0.1) is 6.54 Å². The maximum atomic E-state index is 11.7. The van der Waals surface area contributed by atoms with Crippen LogP contribution >= 0.6 is 0 Å². The first-order valence-corrected chi connectivity index (χ1v) is 5.21. The fourth-order valence-corrected chi connectivity index (χ4v) is 1.54.